The Kier molecular flexibility index (Phi) is 6.34. The second-order valence-corrected chi connectivity index (χ2v) is 7.36. The second kappa shape index (κ2) is 9.51. The van der Waals surface area contributed by atoms with Crippen molar-refractivity contribution < 1.29 is 19.1 Å². The van der Waals surface area contributed by atoms with Crippen LogP contribution in [0.1, 0.15) is 24.6 Å². The lowest BCUT2D eigenvalue weighted by molar-refractivity contribution is -0.122. The summed E-state index contributed by atoms with van der Waals surface area (Å²) in [6.45, 7) is 2.68. The average Bonchev–Trinajstić information content (AvgIpc) is 3.26. The maximum absolute atomic E-state index is 13.0. The van der Waals surface area contributed by atoms with Gasteiger partial charge in [-0.05, 0) is 36.8 Å². The van der Waals surface area contributed by atoms with Crippen LogP contribution in [0.4, 0.5) is 0 Å². The van der Waals surface area contributed by atoms with E-state index in [9.17, 15) is 14.4 Å². The lowest BCUT2D eigenvalue weighted by Gasteiger charge is -2.13. The van der Waals surface area contributed by atoms with Gasteiger partial charge in [-0.15, -0.1) is 0 Å². The number of ether oxygens (including phenoxy) is 2. The summed E-state index contributed by atoms with van der Waals surface area (Å²) in [7, 11) is 0. The molecule has 0 fully saturated rings. The topological polar surface area (TPSA) is 112 Å². The largest absolute Gasteiger partial charge is 0.454 e. The molecule has 0 saturated heterocycles. The Balaban J connectivity index is 1.50. The van der Waals surface area contributed by atoms with Crippen molar-refractivity contribution in [2.75, 3.05) is 13.3 Å². The number of hydrogen-bond donors (Lipinski definition) is 2. The first-order valence-electron chi connectivity index (χ1n) is 10.5. The Labute approximate surface area is 184 Å². The van der Waals surface area contributed by atoms with Crippen LogP contribution in [-0.4, -0.2) is 34.7 Å². The molecular formula is C23H24N4O5. The molecule has 0 unspecified atom stereocenters. The van der Waals surface area contributed by atoms with Gasteiger partial charge in [0.1, 0.15) is 12.2 Å². The number of para-hydroxylation sites is 2. The number of nitrogens with one attached hydrogen (secondary N) is 2. The van der Waals surface area contributed by atoms with E-state index in [1.54, 1.807) is 24.3 Å². The van der Waals surface area contributed by atoms with Gasteiger partial charge in [0.15, 0.2) is 11.5 Å². The van der Waals surface area contributed by atoms with E-state index in [0.717, 1.165) is 5.56 Å². The molecule has 166 valence electrons. The van der Waals surface area contributed by atoms with Crippen LogP contribution in [0.3, 0.4) is 0 Å². The zero-order chi connectivity index (χ0) is 22.5. The van der Waals surface area contributed by atoms with Crippen LogP contribution in [0.15, 0.2) is 47.3 Å². The van der Waals surface area contributed by atoms with Crippen molar-refractivity contribution in [1.29, 1.82) is 0 Å². The minimum Gasteiger partial charge on any atom is -0.454 e. The van der Waals surface area contributed by atoms with Crippen molar-refractivity contribution in [2.24, 2.45) is 0 Å². The third-order valence-corrected chi connectivity index (χ3v) is 5.11. The Morgan fingerprint density at radius 1 is 1.06 bits per heavy atom. The molecule has 0 radical (unpaired) electrons. The van der Waals surface area contributed by atoms with E-state index < -0.39 is 0 Å². The zero-order valence-corrected chi connectivity index (χ0v) is 17.7. The molecule has 3 aromatic rings. The molecule has 4 rings (SSSR count). The Bertz CT molecular complexity index is 1220. The molecule has 0 atom stereocenters. The summed E-state index contributed by atoms with van der Waals surface area (Å²) in [6, 6.07) is 12.6. The van der Waals surface area contributed by atoms with Gasteiger partial charge >= 0.3 is 0 Å². The molecule has 2 heterocycles. The Morgan fingerprint density at radius 2 is 1.88 bits per heavy atom. The maximum atomic E-state index is 13.0. The normalized spacial score (nSPS) is 12.0. The van der Waals surface area contributed by atoms with Gasteiger partial charge in [-0.3, -0.25) is 19.0 Å². The molecule has 2 N–H and O–H groups in total. The molecule has 1 aliphatic heterocycles. The van der Waals surface area contributed by atoms with Crippen molar-refractivity contribution in [2.45, 2.75) is 32.9 Å². The van der Waals surface area contributed by atoms with E-state index in [0.29, 0.717) is 29.1 Å². The predicted octanol–water partition coefficient (Wildman–Crippen LogP) is 1.51. The fourth-order valence-electron chi connectivity index (χ4n) is 3.53. The molecule has 1 aromatic heterocycles. The van der Waals surface area contributed by atoms with Gasteiger partial charge in [0.25, 0.3) is 5.56 Å². The van der Waals surface area contributed by atoms with Gasteiger partial charge in [-0.2, -0.15) is 0 Å². The van der Waals surface area contributed by atoms with Crippen molar-refractivity contribution >= 4 is 22.8 Å². The molecule has 1 aliphatic rings. The quantitative estimate of drug-likeness (QED) is 0.554. The first kappa shape index (κ1) is 21.4. The van der Waals surface area contributed by atoms with Crippen LogP contribution >= 0.6 is 0 Å². The summed E-state index contributed by atoms with van der Waals surface area (Å²) >= 11 is 0. The number of carbonyl (C=O) groups excluding carboxylic acids is 2. The van der Waals surface area contributed by atoms with E-state index in [4.69, 9.17) is 9.47 Å². The number of amides is 2. The number of benzene rings is 2. The lowest BCUT2D eigenvalue weighted by Crippen LogP contribution is -2.34. The van der Waals surface area contributed by atoms with Gasteiger partial charge < -0.3 is 20.1 Å². The highest BCUT2D eigenvalue weighted by Crippen LogP contribution is 2.32. The van der Waals surface area contributed by atoms with Gasteiger partial charge in [-0.1, -0.05) is 18.2 Å². The Morgan fingerprint density at radius 3 is 2.72 bits per heavy atom. The number of aromatic nitrogens is 2. The minimum absolute atomic E-state index is 0.144. The summed E-state index contributed by atoms with van der Waals surface area (Å²) < 4.78 is 12.1. The fraction of sp³-hybridized carbons (Fsp3) is 0.304. The van der Waals surface area contributed by atoms with Crippen LogP contribution in [-0.2, 0) is 29.1 Å². The fourth-order valence-corrected chi connectivity index (χ4v) is 3.53. The summed E-state index contributed by atoms with van der Waals surface area (Å²) in [4.78, 5) is 42.0. The van der Waals surface area contributed by atoms with Gasteiger partial charge in [0, 0.05) is 25.9 Å². The van der Waals surface area contributed by atoms with E-state index >= 15 is 0 Å². The standard InChI is InChI=1S/C23H24N4O5/c1-2-24-21(28)10-8-17-23(30)27(18-6-4-3-5-16(18)26-17)13-22(29)25-12-15-7-9-19-20(11-15)32-14-31-19/h3-7,9,11H,2,8,10,12-14H2,1H3,(H,24,28)(H,25,29). The molecule has 2 aromatic carbocycles. The van der Waals surface area contributed by atoms with E-state index in [1.807, 2.05) is 25.1 Å². The van der Waals surface area contributed by atoms with Crippen LogP contribution in [0.25, 0.3) is 11.0 Å². The van der Waals surface area contributed by atoms with Crippen LogP contribution < -0.4 is 25.7 Å². The van der Waals surface area contributed by atoms with Crippen molar-refractivity contribution in [1.82, 2.24) is 20.2 Å². The SMILES string of the molecule is CCNC(=O)CCc1nc2ccccc2n(CC(=O)NCc2ccc3c(c2)OCO3)c1=O. The van der Waals surface area contributed by atoms with Crippen molar-refractivity contribution in [3.05, 3.63) is 64.1 Å². The number of nitrogens with zero attached hydrogens (tertiary/aromatic N) is 2. The number of aryl methyl sites for hydroxylation is 1. The molecule has 0 bridgehead atoms. The van der Waals surface area contributed by atoms with Gasteiger partial charge in [-0.25, -0.2) is 4.98 Å². The Hall–Kier alpha value is -3.88. The highest BCUT2D eigenvalue weighted by Gasteiger charge is 2.16. The molecular weight excluding hydrogens is 412 g/mol. The maximum Gasteiger partial charge on any atom is 0.273 e. The number of carbonyl (C=O) groups is 2. The van der Waals surface area contributed by atoms with E-state index in [-0.39, 0.29) is 55.8 Å². The zero-order valence-electron chi connectivity index (χ0n) is 17.7. The molecule has 0 saturated carbocycles. The molecule has 9 nitrogen and oxygen atoms in total. The third-order valence-electron chi connectivity index (χ3n) is 5.11. The number of hydrogen-bond acceptors (Lipinski definition) is 6. The average molecular weight is 436 g/mol. The minimum atomic E-state index is -0.369. The third kappa shape index (κ3) is 4.72. The van der Waals surface area contributed by atoms with E-state index in [2.05, 4.69) is 15.6 Å². The smallest absolute Gasteiger partial charge is 0.273 e. The van der Waals surface area contributed by atoms with Crippen LogP contribution in [0.5, 0.6) is 11.5 Å². The van der Waals surface area contributed by atoms with Gasteiger partial charge in [0.05, 0.1) is 11.0 Å². The molecule has 9 heteroatoms. The molecule has 0 spiro atoms. The first-order valence-corrected chi connectivity index (χ1v) is 10.5. The second-order valence-electron chi connectivity index (χ2n) is 7.36. The van der Waals surface area contributed by atoms with Crippen molar-refractivity contribution in [3.63, 3.8) is 0 Å². The van der Waals surface area contributed by atoms with Gasteiger partial charge in [0.2, 0.25) is 18.6 Å². The summed E-state index contributed by atoms with van der Waals surface area (Å²) in [5, 5.41) is 5.55. The van der Waals surface area contributed by atoms with Crippen LogP contribution in [0.2, 0.25) is 0 Å². The summed E-state index contributed by atoms with van der Waals surface area (Å²) in [6.07, 6.45) is 0.360. The number of fused-ring (bicyclic) bond motifs is 2. The monoisotopic (exact) mass is 436 g/mol. The highest BCUT2D eigenvalue weighted by atomic mass is 16.7. The number of rotatable bonds is 8. The lowest BCUT2D eigenvalue weighted by atomic mass is 10.2. The highest BCUT2D eigenvalue weighted by molar-refractivity contribution is 5.80. The predicted molar refractivity (Wildman–Crippen MR) is 117 cm³/mol. The van der Waals surface area contributed by atoms with Crippen molar-refractivity contribution in [3.8, 4) is 11.5 Å². The summed E-state index contributed by atoms with van der Waals surface area (Å²) in [5.74, 6) is 0.866. The molecule has 32 heavy (non-hydrogen) atoms. The first-order chi connectivity index (χ1) is 15.5. The van der Waals surface area contributed by atoms with Crippen LogP contribution in [0, 0.1) is 0 Å². The molecule has 2 amide bonds. The van der Waals surface area contributed by atoms with E-state index in [1.165, 1.54) is 4.57 Å². The summed E-state index contributed by atoms with van der Waals surface area (Å²) in [5.41, 5.74) is 1.92. The molecule has 0 aliphatic carbocycles.